The Kier molecular flexibility index (Phi) is 7.02. The number of hydrogen-bond donors (Lipinski definition) is 2. The molecular formula is C28H46N4O2. The average molecular weight is 471 g/mol. The maximum atomic E-state index is 13.0. The van der Waals surface area contributed by atoms with Gasteiger partial charge in [-0.2, -0.15) is 0 Å². The fraction of sp³-hybridized carbons (Fsp3) is 0.714. The van der Waals surface area contributed by atoms with E-state index in [1.165, 1.54) is 0 Å². The van der Waals surface area contributed by atoms with E-state index in [-0.39, 0.29) is 46.1 Å². The van der Waals surface area contributed by atoms with E-state index in [1.54, 1.807) is 24.3 Å². The Morgan fingerprint density at radius 1 is 0.618 bits per heavy atom. The van der Waals surface area contributed by atoms with Crippen LogP contribution in [0.5, 0.6) is 0 Å². The maximum absolute atomic E-state index is 13.0. The van der Waals surface area contributed by atoms with Gasteiger partial charge in [0.1, 0.15) is 0 Å². The van der Waals surface area contributed by atoms with Crippen molar-refractivity contribution in [2.75, 3.05) is 14.1 Å². The monoisotopic (exact) mass is 470 g/mol. The van der Waals surface area contributed by atoms with Crippen LogP contribution in [0.4, 0.5) is 0 Å². The van der Waals surface area contributed by atoms with Crippen LogP contribution in [0.2, 0.25) is 0 Å². The lowest BCUT2D eigenvalue weighted by Gasteiger charge is -2.53. The topological polar surface area (TPSA) is 64.7 Å². The van der Waals surface area contributed by atoms with Crippen LogP contribution in [0, 0.1) is 0 Å². The van der Waals surface area contributed by atoms with Gasteiger partial charge in [-0.15, -0.1) is 0 Å². The third-order valence-corrected chi connectivity index (χ3v) is 8.70. The van der Waals surface area contributed by atoms with Gasteiger partial charge in [-0.25, -0.2) is 0 Å². The number of hydrogen-bond acceptors (Lipinski definition) is 4. The van der Waals surface area contributed by atoms with Crippen molar-refractivity contribution in [1.29, 1.82) is 0 Å². The van der Waals surface area contributed by atoms with E-state index in [0.717, 1.165) is 25.7 Å². The first kappa shape index (κ1) is 26.7. The van der Waals surface area contributed by atoms with Gasteiger partial charge < -0.3 is 10.6 Å². The van der Waals surface area contributed by atoms with Gasteiger partial charge >= 0.3 is 0 Å². The molecule has 0 spiro atoms. The number of nitrogens with zero attached hydrogens (tertiary/aromatic N) is 2. The minimum Gasteiger partial charge on any atom is -0.349 e. The molecule has 2 amide bonds. The summed E-state index contributed by atoms with van der Waals surface area (Å²) in [4.78, 5) is 30.7. The predicted molar refractivity (Wildman–Crippen MR) is 139 cm³/mol. The van der Waals surface area contributed by atoms with Crippen molar-refractivity contribution >= 4 is 11.8 Å². The fourth-order valence-corrected chi connectivity index (χ4v) is 6.26. The summed E-state index contributed by atoms with van der Waals surface area (Å²) in [6, 6.07) is 7.28. The molecule has 6 nitrogen and oxygen atoms in total. The summed E-state index contributed by atoms with van der Waals surface area (Å²) in [7, 11) is 4.32. The lowest BCUT2D eigenvalue weighted by Crippen LogP contribution is -2.62. The Hall–Kier alpha value is -1.92. The third-order valence-electron chi connectivity index (χ3n) is 8.70. The quantitative estimate of drug-likeness (QED) is 0.682. The molecule has 0 aliphatic carbocycles. The van der Waals surface area contributed by atoms with Gasteiger partial charge in [-0.3, -0.25) is 19.4 Å². The molecule has 2 heterocycles. The van der Waals surface area contributed by atoms with Crippen LogP contribution in [-0.2, 0) is 0 Å². The van der Waals surface area contributed by atoms with Gasteiger partial charge in [0.25, 0.3) is 11.8 Å². The molecule has 0 aromatic heterocycles. The summed E-state index contributed by atoms with van der Waals surface area (Å²) in [5.41, 5.74) is 1.23. The molecule has 2 saturated heterocycles. The van der Waals surface area contributed by atoms with Crippen molar-refractivity contribution < 1.29 is 9.59 Å². The maximum Gasteiger partial charge on any atom is 0.251 e. The van der Waals surface area contributed by atoms with Crippen molar-refractivity contribution in [3.8, 4) is 0 Å². The highest BCUT2D eigenvalue weighted by Gasteiger charge is 2.44. The second-order valence-electron chi connectivity index (χ2n) is 13.1. The minimum absolute atomic E-state index is 0.0126. The lowest BCUT2D eigenvalue weighted by atomic mass is 9.77. The summed E-state index contributed by atoms with van der Waals surface area (Å²) >= 11 is 0. The number of rotatable bonds is 4. The number of carbonyl (C=O) groups is 2. The van der Waals surface area contributed by atoms with E-state index in [4.69, 9.17) is 0 Å². The number of benzene rings is 1. The molecule has 1 aromatic rings. The van der Waals surface area contributed by atoms with E-state index in [0.29, 0.717) is 11.1 Å². The zero-order valence-corrected chi connectivity index (χ0v) is 23.0. The first-order valence-corrected chi connectivity index (χ1v) is 12.6. The summed E-state index contributed by atoms with van der Waals surface area (Å²) in [6.07, 6.45) is 3.62. The first-order valence-electron chi connectivity index (χ1n) is 12.6. The molecular weight excluding hydrogens is 424 g/mol. The van der Waals surface area contributed by atoms with Crippen LogP contribution in [0.3, 0.4) is 0 Å². The van der Waals surface area contributed by atoms with Crippen LogP contribution in [0.15, 0.2) is 24.3 Å². The zero-order chi connectivity index (χ0) is 25.7. The molecule has 190 valence electrons. The lowest BCUT2D eigenvalue weighted by molar-refractivity contribution is -0.0174. The summed E-state index contributed by atoms with van der Waals surface area (Å²) < 4.78 is 0. The molecule has 2 N–H and O–H groups in total. The molecule has 34 heavy (non-hydrogen) atoms. The van der Waals surface area contributed by atoms with Crippen LogP contribution >= 0.6 is 0 Å². The average Bonchev–Trinajstić information content (AvgIpc) is 2.69. The zero-order valence-electron chi connectivity index (χ0n) is 23.0. The van der Waals surface area contributed by atoms with Crippen molar-refractivity contribution in [2.24, 2.45) is 0 Å². The Morgan fingerprint density at radius 3 is 1.09 bits per heavy atom. The first-order chi connectivity index (χ1) is 15.4. The summed E-state index contributed by atoms with van der Waals surface area (Å²) in [5, 5.41) is 6.47. The number of nitrogens with one attached hydrogen (secondary N) is 2. The SMILES string of the molecule is CN1C(C)(C)CC(NC(=O)c2ccc(C(=O)NC3CC(C)(C)N(C)C(C)(C)C3)cc2)CC1(C)C. The molecule has 0 unspecified atom stereocenters. The smallest absolute Gasteiger partial charge is 0.251 e. The van der Waals surface area contributed by atoms with Gasteiger partial charge in [0.2, 0.25) is 0 Å². The van der Waals surface area contributed by atoms with Crippen LogP contribution < -0.4 is 10.6 Å². The Labute approximate surface area is 206 Å². The molecule has 0 saturated carbocycles. The molecule has 0 atom stereocenters. The minimum atomic E-state index is -0.0769. The third kappa shape index (κ3) is 5.49. The number of piperidine rings is 2. The largest absolute Gasteiger partial charge is 0.349 e. The van der Waals surface area contributed by atoms with Gasteiger partial charge in [-0.1, -0.05) is 0 Å². The van der Waals surface area contributed by atoms with Gasteiger partial charge in [-0.05, 0) is 119 Å². The Bertz CT molecular complexity index is 806. The molecule has 0 radical (unpaired) electrons. The molecule has 1 aromatic carbocycles. The van der Waals surface area contributed by atoms with E-state index in [2.05, 4.69) is 89.9 Å². The number of amides is 2. The van der Waals surface area contributed by atoms with E-state index >= 15 is 0 Å². The van der Waals surface area contributed by atoms with Crippen LogP contribution in [0.1, 0.15) is 102 Å². The number of carbonyl (C=O) groups excluding carboxylic acids is 2. The molecule has 3 rings (SSSR count). The van der Waals surface area contributed by atoms with E-state index in [1.807, 2.05) is 0 Å². The van der Waals surface area contributed by atoms with Gasteiger partial charge in [0, 0.05) is 45.4 Å². The Morgan fingerprint density at radius 2 is 0.853 bits per heavy atom. The number of likely N-dealkylation sites (tertiary alicyclic amines) is 2. The second-order valence-corrected chi connectivity index (χ2v) is 13.1. The van der Waals surface area contributed by atoms with E-state index < -0.39 is 0 Å². The van der Waals surface area contributed by atoms with Crippen molar-refractivity contribution in [3.05, 3.63) is 35.4 Å². The van der Waals surface area contributed by atoms with Crippen molar-refractivity contribution in [1.82, 2.24) is 20.4 Å². The summed E-state index contributed by atoms with van der Waals surface area (Å²) in [5.74, 6) is -0.154. The fourth-order valence-electron chi connectivity index (χ4n) is 6.26. The molecule has 2 aliphatic heterocycles. The van der Waals surface area contributed by atoms with Crippen LogP contribution in [0.25, 0.3) is 0 Å². The van der Waals surface area contributed by atoms with E-state index in [9.17, 15) is 9.59 Å². The predicted octanol–water partition coefficient (Wildman–Crippen LogP) is 4.45. The second kappa shape index (κ2) is 8.94. The van der Waals surface area contributed by atoms with Gasteiger partial charge in [0.05, 0.1) is 0 Å². The molecule has 0 bridgehead atoms. The highest BCUT2D eigenvalue weighted by molar-refractivity contribution is 5.98. The van der Waals surface area contributed by atoms with Crippen molar-refractivity contribution in [2.45, 2.75) is 115 Å². The standard InChI is InChI=1S/C28H46N4O2/c1-25(2)15-21(16-26(3,4)31(25)9)29-23(33)19-11-13-20(14-12-19)24(34)30-22-17-27(5,6)32(10)28(7,8)18-22/h11-14,21-22H,15-18H2,1-10H3,(H,29,33)(H,30,34). The molecule has 2 aliphatic rings. The van der Waals surface area contributed by atoms with Gasteiger partial charge in [0.15, 0.2) is 0 Å². The highest BCUT2D eigenvalue weighted by atomic mass is 16.2. The summed E-state index contributed by atoms with van der Waals surface area (Å²) in [6.45, 7) is 17.8. The van der Waals surface area contributed by atoms with Crippen LogP contribution in [-0.4, -0.2) is 69.9 Å². The molecule has 6 heteroatoms. The Balaban J connectivity index is 1.62. The highest BCUT2D eigenvalue weighted by Crippen LogP contribution is 2.38. The van der Waals surface area contributed by atoms with Crippen molar-refractivity contribution in [3.63, 3.8) is 0 Å². The normalized spacial score (nSPS) is 25.0. The molecule has 2 fully saturated rings.